The number of amides is 1. The maximum Gasteiger partial charge on any atom is 0.254 e. The topological polar surface area (TPSA) is 48.0 Å². The molecule has 0 aromatic heterocycles. The molecule has 0 N–H and O–H groups in total. The first-order valence-corrected chi connectivity index (χ1v) is 8.10. The van der Waals surface area contributed by atoms with E-state index in [9.17, 15) is 4.79 Å². The molecule has 0 aliphatic heterocycles. The first-order valence-electron chi connectivity index (χ1n) is 8.10. The maximum atomic E-state index is 12.9. The SMILES string of the molecule is COc1cc(C(=O)N(C)C2CCCCC2C)cc(OC)c1OC. The van der Waals surface area contributed by atoms with Gasteiger partial charge in [0.25, 0.3) is 5.91 Å². The summed E-state index contributed by atoms with van der Waals surface area (Å²) >= 11 is 0. The summed E-state index contributed by atoms with van der Waals surface area (Å²) in [6.07, 6.45) is 4.68. The monoisotopic (exact) mass is 321 g/mol. The van der Waals surface area contributed by atoms with Crippen LogP contribution in [0.15, 0.2) is 12.1 Å². The van der Waals surface area contributed by atoms with Crippen LogP contribution in [0.1, 0.15) is 43.0 Å². The van der Waals surface area contributed by atoms with Crippen molar-refractivity contribution >= 4 is 5.91 Å². The molecule has 0 bridgehead atoms. The lowest BCUT2D eigenvalue weighted by molar-refractivity contribution is 0.0628. The molecule has 1 fully saturated rings. The summed E-state index contributed by atoms with van der Waals surface area (Å²) in [5, 5.41) is 0. The van der Waals surface area contributed by atoms with Gasteiger partial charge in [0.05, 0.1) is 21.3 Å². The van der Waals surface area contributed by atoms with Crippen molar-refractivity contribution in [3.63, 3.8) is 0 Å². The standard InChI is InChI=1S/C18H27NO4/c1-12-8-6-7-9-14(12)19(2)18(20)13-10-15(21-3)17(23-5)16(11-13)22-4/h10-12,14H,6-9H2,1-5H3. The van der Waals surface area contributed by atoms with E-state index in [1.165, 1.54) is 19.3 Å². The third kappa shape index (κ3) is 3.54. The first kappa shape index (κ1) is 17.4. The molecule has 2 unspecified atom stereocenters. The van der Waals surface area contributed by atoms with Crippen LogP contribution in [0.3, 0.4) is 0 Å². The molecule has 23 heavy (non-hydrogen) atoms. The van der Waals surface area contributed by atoms with E-state index < -0.39 is 0 Å². The van der Waals surface area contributed by atoms with E-state index in [1.54, 1.807) is 33.5 Å². The minimum absolute atomic E-state index is 0.0111. The van der Waals surface area contributed by atoms with Crippen LogP contribution in [0.2, 0.25) is 0 Å². The minimum atomic E-state index is -0.0111. The summed E-state index contributed by atoms with van der Waals surface area (Å²) < 4.78 is 16.0. The van der Waals surface area contributed by atoms with Gasteiger partial charge in [-0.15, -0.1) is 0 Å². The molecule has 0 spiro atoms. The summed E-state index contributed by atoms with van der Waals surface area (Å²) in [7, 11) is 6.55. The molecule has 1 saturated carbocycles. The normalized spacial score (nSPS) is 20.7. The van der Waals surface area contributed by atoms with Crippen molar-refractivity contribution in [2.75, 3.05) is 28.4 Å². The van der Waals surface area contributed by atoms with Crippen molar-refractivity contribution in [3.8, 4) is 17.2 Å². The molecule has 0 radical (unpaired) electrons. The van der Waals surface area contributed by atoms with Crippen LogP contribution in [0.25, 0.3) is 0 Å². The zero-order valence-electron chi connectivity index (χ0n) is 14.7. The highest BCUT2D eigenvalue weighted by Gasteiger charge is 2.29. The summed E-state index contributed by atoms with van der Waals surface area (Å²) in [5.41, 5.74) is 0.555. The second-order valence-corrected chi connectivity index (χ2v) is 6.16. The molecule has 2 atom stereocenters. The minimum Gasteiger partial charge on any atom is -0.493 e. The van der Waals surface area contributed by atoms with Crippen molar-refractivity contribution < 1.29 is 19.0 Å². The number of ether oxygens (including phenoxy) is 3. The van der Waals surface area contributed by atoms with Gasteiger partial charge in [-0.1, -0.05) is 19.8 Å². The van der Waals surface area contributed by atoms with E-state index in [0.717, 1.165) is 6.42 Å². The van der Waals surface area contributed by atoms with Crippen LogP contribution in [0.4, 0.5) is 0 Å². The van der Waals surface area contributed by atoms with E-state index >= 15 is 0 Å². The Labute approximate surface area is 138 Å². The molecular formula is C18H27NO4. The molecule has 1 aromatic carbocycles. The number of nitrogens with zero attached hydrogens (tertiary/aromatic N) is 1. The Hall–Kier alpha value is -1.91. The number of methoxy groups -OCH3 is 3. The highest BCUT2D eigenvalue weighted by atomic mass is 16.5. The highest BCUT2D eigenvalue weighted by Crippen LogP contribution is 2.39. The Kier molecular flexibility index (Phi) is 5.74. The predicted molar refractivity (Wildman–Crippen MR) is 89.6 cm³/mol. The number of benzene rings is 1. The Morgan fingerprint density at radius 3 is 2.09 bits per heavy atom. The third-order valence-electron chi connectivity index (χ3n) is 4.80. The van der Waals surface area contributed by atoms with Gasteiger partial charge in [-0.25, -0.2) is 0 Å². The first-order chi connectivity index (χ1) is 11.0. The molecule has 5 nitrogen and oxygen atoms in total. The highest BCUT2D eigenvalue weighted by molar-refractivity contribution is 5.95. The number of hydrogen-bond acceptors (Lipinski definition) is 4. The lowest BCUT2D eigenvalue weighted by Gasteiger charge is -2.36. The Morgan fingerprint density at radius 1 is 1.04 bits per heavy atom. The van der Waals surface area contributed by atoms with Crippen molar-refractivity contribution in [2.45, 2.75) is 38.6 Å². The molecule has 2 rings (SSSR count). The van der Waals surface area contributed by atoms with Gasteiger partial charge in [-0.3, -0.25) is 4.79 Å². The number of carbonyl (C=O) groups excluding carboxylic acids is 1. The van der Waals surface area contributed by atoms with Gasteiger partial charge in [0.2, 0.25) is 5.75 Å². The van der Waals surface area contributed by atoms with Crippen LogP contribution in [-0.4, -0.2) is 45.2 Å². The Morgan fingerprint density at radius 2 is 1.61 bits per heavy atom. The molecule has 1 aliphatic carbocycles. The van der Waals surface area contributed by atoms with Crippen molar-refractivity contribution in [3.05, 3.63) is 17.7 Å². The summed E-state index contributed by atoms with van der Waals surface area (Å²) in [4.78, 5) is 14.8. The summed E-state index contributed by atoms with van der Waals surface area (Å²) in [6, 6.07) is 3.72. The molecule has 128 valence electrons. The van der Waals surface area contributed by atoms with Gasteiger partial charge in [-0.05, 0) is 30.9 Å². The second kappa shape index (κ2) is 7.57. The summed E-state index contributed by atoms with van der Waals surface area (Å²) in [6.45, 7) is 2.22. The molecular weight excluding hydrogens is 294 g/mol. The molecule has 1 aliphatic rings. The van der Waals surface area contributed by atoms with E-state index in [-0.39, 0.29) is 11.9 Å². The van der Waals surface area contributed by atoms with Gasteiger partial charge >= 0.3 is 0 Å². The molecule has 0 heterocycles. The quantitative estimate of drug-likeness (QED) is 0.834. The van der Waals surface area contributed by atoms with Gasteiger partial charge in [0.15, 0.2) is 11.5 Å². The molecule has 1 amide bonds. The molecule has 0 saturated heterocycles. The zero-order chi connectivity index (χ0) is 17.0. The third-order valence-corrected chi connectivity index (χ3v) is 4.80. The van der Waals surface area contributed by atoms with Gasteiger partial charge < -0.3 is 19.1 Å². The van der Waals surface area contributed by atoms with Crippen molar-refractivity contribution in [1.82, 2.24) is 4.90 Å². The predicted octanol–water partition coefficient (Wildman–Crippen LogP) is 3.36. The van der Waals surface area contributed by atoms with Crippen molar-refractivity contribution in [1.29, 1.82) is 0 Å². The lowest BCUT2D eigenvalue weighted by Crippen LogP contribution is -2.42. The number of carbonyl (C=O) groups is 1. The van der Waals surface area contributed by atoms with Crippen LogP contribution in [-0.2, 0) is 0 Å². The maximum absolute atomic E-state index is 12.9. The van der Waals surface area contributed by atoms with E-state index in [1.807, 2.05) is 11.9 Å². The Bertz CT molecular complexity index is 533. The van der Waals surface area contributed by atoms with Crippen LogP contribution < -0.4 is 14.2 Å². The fourth-order valence-electron chi connectivity index (χ4n) is 3.43. The average Bonchev–Trinajstić information content (AvgIpc) is 2.59. The van der Waals surface area contributed by atoms with E-state index in [2.05, 4.69) is 6.92 Å². The zero-order valence-corrected chi connectivity index (χ0v) is 14.7. The van der Waals surface area contributed by atoms with Crippen molar-refractivity contribution in [2.24, 2.45) is 5.92 Å². The lowest BCUT2D eigenvalue weighted by atomic mass is 9.85. The summed E-state index contributed by atoms with van der Waals surface area (Å²) in [5.74, 6) is 2.02. The van der Waals surface area contributed by atoms with E-state index in [0.29, 0.717) is 28.7 Å². The number of hydrogen-bond donors (Lipinski definition) is 0. The second-order valence-electron chi connectivity index (χ2n) is 6.16. The molecule has 5 heteroatoms. The van der Waals surface area contributed by atoms with Crippen LogP contribution in [0.5, 0.6) is 17.2 Å². The fourth-order valence-corrected chi connectivity index (χ4v) is 3.43. The smallest absolute Gasteiger partial charge is 0.254 e. The number of rotatable bonds is 5. The van der Waals surface area contributed by atoms with Crippen LogP contribution in [0, 0.1) is 5.92 Å². The average molecular weight is 321 g/mol. The van der Waals surface area contributed by atoms with Gasteiger partial charge in [-0.2, -0.15) is 0 Å². The van der Waals surface area contributed by atoms with E-state index in [4.69, 9.17) is 14.2 Å². The van der Waals surface area contributed by atoms with Gasteiger partial charge in [0, 0.05) is 18.7 Å². The largest absolute Gasteiger partial charge is 0.493 e. The Balaban J connectivity index is 2.31. The fraction of sp³-hybridized carbons (Fsp3) is 0.611. The molecule has 1 aromatic rings. The van der Waals surface area contributed by atoms with Gasteiger partial charge in [0.1, 0.15) is 0 Å². The van der Waals surface area contributed by atoms with Crippen LogP contribution >= 0.6 is 0 Å².